The van der Waals surface area contributed by atoms with Gasteiger partial charge in [-0.2, -0.15) is 5.10 Å². The summed E-state index contributed by atoms with van der Waals surface area (Å²) >= 11 is 1.36. The predicted octanol–water partition coefficient (Wildman–Crippen LogP) is 3.40. The molecule has 0 spiro atoms. The van der Waals surface area contributed by atoms with Crippen LogP contribution in [0, 0.1) is 6.92 Å². The molecule has 4 aromatic rings. The Kier molecular flexibility index (Phi) is 4.06. The number of fused-ring (bicyclic) bond motifs is 1. The molecular formula is C19H14N4O2S. The quantitative estimate of drug-likeness (QED) is 0.606. The van der Waals surface area contributed by atoms with Gasteiger partial charge in [0.2, 0.25) is 5.43 Å². The van der Waals surface area contributed by atoms with Gasteiger partial charge in [-0.05, 0) is 36.8 Å². The van der Waals surface area contributed by atoms with Gasteiger partial charge < -0.3 is 0 Å². The second kappa shape index (κ2) is 6.53. The number of hydrogen-bond acceptors (Lipinski definition) is 5. The van der Waals surface area contributed by atoms with E-state index < -0.39 is 11.3 Å². The summed E-state index contributed by atoms with van der Waals surface area (Å²) in [6.07, 6.45) is 1.54. The number of benzene rings is 2. The van der Waals surface area contributed by atoms with Crippen LogP contribution in [-0.4, -0.2) is 20.7 Å². The Morgan fingerprint density at radius 1 is 1.12 bits per heavy atom. The zero-order chi connectivity index (χ0) is 18.1. The van der Waals surface area contributed by atoms with Gasteiger partial charge in [0.15, 0.2) is 10.8 Å². The maximum absolute atomic E-state index is 12.5. The Morgan fingerprint density at radius 3 is 2.73 bits per heavy atom. The van der Waals surface area contributed by atoms with Crippen LogP contribution in [0.5, 0.6) is 0 Å². The molecule has 4 rings (SSSR count). The fourth-order valence-corrected chi connectivity index (χ4v) is 3.49. The maximum atomic E-state index is 12.5. The van der Waals surface area contributed by atoms with Crippen molar-refractivity contribution in [2.24, 2.45) is 0 Å². The van der Waals surface area contributed by atoms with Gasteiger partial charge in [-0.25, -0.2) is 9.67 Å². The van der Waals surface area contributed by atoms with Crippen molar-refractivity contribution in [2.45, 2.75) is 6.92 Å². The van der Waals surface area contributed by atoms with Crippen LogP contribution in [0.2, 0.25) is 0 Å². The van der Waals surface area contributed by atoms with E-state index in [1.54, 1.807) is 0 Å². The number of hydrogen-bond donors (Lipinski definition) is 1. The Hall–Kier alpha value is -3.32. The molecule has 0 atom stereocenters. The predicted molar refractivity (Wildman–Crippen MR) is 102 cm³/mol. The molecule has 6 nitrogen and oxygen atoms in total. The van der Waals surface area contributed by atoms with Gasteiger partial charge in [0, 0.05) is 12.3 Å². The van der Waals surface area contributed by atoms with Crippen LogP contribution in [0.1, 0.15) is 16.1 Å². The number of aryl methyl sites for hydroxylation is 1. The van der Waals surface area contributed by atoms with Gasteiger partial charge in [-0.15, -0.1) is 0 Å². The molecule has 1 N–H and O–H groups in total. The van der Waals surface area contributed by atoms with Crippen molar-refractivity contribution >= 4 is 32.6 Å². The molecule has 0 aliphatic rings. The molecule has 0 saturated carbocycles. The first-order valence-corrected chi connectivity index (χ1v) is 8.76. The summed E-state index contributed by atoms with van der Waals surface area (Å²) < 4.78 is 2.47. The van der Waals surface area contributed by atoms with Crippen LogP contribution in [0.15, 0.2) is 65.6 Å². The minimum atomic E-state index is -0.573. The monoisotopic (exact) mass is 362 g/mol. The number of nitrogens with zero attached hydrogens (tertiary/aromatic N) is 3. The molecule has 1 amide bonds. The molecule has 7 heteroatoms. The van der Waals surface area contributed by atoms with Crippen LogP contribution < -0.4 is 10.7 Å². The number of rotatable bonds is 3. The van der Waals surface area contributed by atoms with Crippen molar-refractivity contribution in [2.75, 3.05) is 5.32 Å². The molecule has 0 aliphatic heterocycles. The maximum Gasteiger partial charge on any atom is 0.281 e. The third-order valence-corrected chi connectivity index (χ3v) is 4.74. The standard InChI is InChI=1S/C19H14N4O2S/c1-12-7-8-14-16(11-12)26-19(20-14)21-18(25)17-15(24)9-10-23(22-17)13-5-3-2-4-6-13/h2-11H,1H3,(H,20,21,25). The van der Waals surface area contributed by atoms with E-state index in [9.17, 15) is 9.59 Å². The lowest BCUT2D eigenvalue weighted by Crippen LogP contribution is -2.25. The van der Waals surface area contributed by atoms with Gasteiger partial charge in [0.25, 0.3) is 5.91 Å². The average molecular weight is 362 g/mol. The summed E-state index contributed by atoms with van der Waals surface area (Å²) in [7, 11) is 0. The van der Waals surface area contributed by atoms with E-state index in [1.807, 2.05) is 55.5 Å². The van der Waals surface area contributed by atoms with E-state index >= 15 is 0 Å². The van der Waals surface area contributed by atoms with Crippen molar-refractivity contribution in [1.29, 1.82) is 0 Å². The Balaban J connectivity index is 1.66. The summed E-state index contributed by atoms with van der Waals surface area (Å²) in [6.45, 7) is 2.00. The molecule has 2 aromatic carbocycles. The van der Waals surface area contributed by atoms with Gasteiger partial charge >= 0.3 is 0 Å². The number of para-hydroxylation sites is 1. The highest BCUT2D eigenvalue weighted by molar-refractivity contribution is 7.22. The Labute approximate surface area is 152 Å². The summed E-state index contributed by atoms with van der Waals surface area (Å²) in [5.74, 6) is -0.573. The Bertz CT molecular complexity index is 1170. The number of amides is 1. The van der Waals surface area contributed by atoms with Crippen molar-refractivity contribution in [1.82, 2.24) is 14.8 Å². The minimum Gasteiger partial charge on any atom is -0.296 e. The van der Waals surface area contributed by atoms with Gasteiger partial charge in [-0.3, -0.25) is 14.9 Å². The number of carbonyl (C=O) groups is 1. The van der Waals surface area contributed by atoms with E-state index in [0.29, 0.717) is 5.13 Å². The summed E-state index contributed by atoms with van der Waals surface area (Å²) in [6, 6.07) is 16.5. The van der Waals surface area contributed by atoms with Crippen LogP contribution in [0.25, 0.3) is 15.9 Å². The number of thiazole rings is 1. The van der Waals surface area contributed by atoms with E-state index in [4.69, 9.17) is 0 Å². The molecule has 0 unspecified atom stereocenters. The molecule has 0 saturated heterocycles. The summed E-state index contributed by atoms with van der Waals surface area (Å²) in [4.78, 5) is 29.0. The van der Waals surface area contributed by atoms with Gasteiger partial charge in [0.1, 0.15) is 0 Å². The zero-order valence-corrected chi connectivity index (χ0v) is 14.7. The van der Waals surface area contributed by atoms with Crippen LogP contribution >= 0.6 is 11.3 Å². The van der Waals surface area contributed by atoms with Gasteiger partial charge in [0.05, 0.1) is 15.9 Å². The lowest BCUT2D eigenvalue weighted by atomic mass is 10.2. The van der Waals surface area contributed by atoms with Crippen molar-refractivity contribution < 1.29 is 4.79 Å². The number of carbonyl (C=O) groups excluding carboxylic acids is 1. The molecule has 0 fully saturated rings. The highest BCUT2D eigenvalue weighted by Crippen LogP contribution is 2.26. The van der Waals surface area contributed by atoms with Crippen molar-refractivity contribution in [3.63, 3.8) is 0 Å². The number of anilines is 1. The van der Waals surface area contributed by atoms with Gasteiger partial charge in [-0.1, -0.05) is 35.6 Å². The molecular weight excluding hydrogens is 348 g/mol. The smallest absolute Gasteiger partial charge is 0.281 e. The Morgan fingerprint density at radius 2 is 1.92 bits per heavy atom. The molecule has 0 aliphatic carbocycles. The first kappa shape index (κ1) is 16.2. The topological polar surface area (TPSA) is 76.9 Å². The third kappa shape index (κ3) is 3.12. The second-order valence-electron chi connectivity index (χ2n) is 5.75. The van der Waals surface area contributed by atoms with Crippen LogP contribution in [0.4, 0.5) is 5.13 Å². The minimum absolute atomic E-state index is 0.174. The zero-order valence-electron chi connectivity index (χ0n) is 13.8. The van der Waals surface area contributed by atoms with E-state index in [0.717, 1.165) is 21.5 Å². The van der Waals surface area contributed by atoms with Crippen molar-refractivity contribution in [3.8, 4) is 5.69 Å². The fourth-order valence-electron chi connectivity index (χ4n) is 2.53. The third-order valence-electron chi connectivity index (χ3n) is 3.81. The molecule has 0 radical (unpaired) electrons. The molecule has 26 heavy (non-hydrogen) atoms. The van der Waals surface area contributed by atoms with E-state index in [1.165, 1.54) is 28.3 Å². The normalized spacial score (nSPS) is 10.8. The van der Waals surface area contributed by atoms with E-state index in [-0.39, 0.29) is 5.69 Å². The first-order chi connectivity index (χ1) is 12.6. The van der Waals surface area contributed by atoms with E-state index in [2.05, 4.69) is 15.4 Å². The van der Waals surface area contributed by atoms with Crippen LogP contribution in [0.3, 0.4) is 0 Å². The number of nitrogens with one attached hydrogen (secondary N) is 1. The molecule has 0 bridgehead atoms. The molecule has 128 valence electrons. The molecule has 2 aromatic heterocycles. The lowest BCUT2D eigenvalue weighted by Gasteiger charge is -2.06. The van der Waals surface area contributed by atoms with Crippen molar-refractivity contribution in [3.05, 3.63) is 82.3 Å². The molecule has 2 heterocycles. The number of aromatic nitrogens is 3. The average Bonchev–Trinajstić information content (AvgIpc) is 3.04. The lowest BCUT2D eigenvalue weighted by molar-refractivity contribution is 0.101. The van der Waals surface area contributed by atoms with Crippen LogP contribution in [-0.2, 0) is 0 Å². The largest absolute Gasteiger partial charge is 0.296 e. The SMILES string of the molecule is Cc1ccc2nc(NC(=O)c3nn(-c4ccccc4)ccc3=O)sc2c1. The second-order valence-corrected chi connectivity index (χ2v) is 6.78. The summed E-state index contributed by atoms with van der Waals surface area (Å²) in [5, 5.41) is 7.29. The first-order valence-electron chi connectivity index (χ1n) is 7.94. The highest BCUT2D eigenvalue weighted by atomic mass is 32.1. The fraction of sp³-hybridized carbons (Fsp3) is 0.0526. The summed E-state index contributed by atoms with van der Waals surface area (Å²) in [5.41, 5.74) is 2.07. The highest BCUT2D eigenvalue weighted by Gasteiger charge is 2.16.